The lowest BCUT2D eigenvalue weighted by atomic mass is 9.99. The summed E-state index contributed by atoms with van der Waals surface area (Å²) >= 11 is 0. The number of esters is 1. The molecule has 92 valence electrons. The highest BCUT2D eigenvalue weighted by Gasteiger charge is 2.30. The summed E-state index contributed by atoms with van der Waals surface area (Å²) in [6.45, 7) is 4.13. The van der Waals surface area contributed by atoms with E-state index < -0.39 is 5.97 Å². The summed E-state index contributed by atoms with van der Waals surface area (Å²) in [6.07, 6.45) is 0.688. The van der Waals surface area contributed by atoms with Gasteiger partial charge in [-0.05, 0) is 18.1 Å². The summed E-state index contributed by atoms with van der Waals surface area (Å²) < 4.78 is 10.3. The number of phenolic OH excluding ortho intramolecular Hbond substituents is 1. The van der Waals surface area contributed by atoms with Crippen LogP contribution in [0.15, 0.2) is 12.1 Å². The molecule has 1 atom stereocenters. The summed E-state index contributed by atoms with van der Waals surface area (Å²) in [7, 11) is 1.29. The molecule has 1 aromatic rings. The van der Waals surface area contributed by atoms with Crippen molar-refractivity contribution in [1.82, 2.24) is 0 Å². The molecule has 17 heavy (non-hydrogen) atoms. The number of benzene rings is 1. The minimum absolute atomic E-state index is 0.0162. The molecule has 1 aromatic carbocycles. The second-order valence-corrected chi connectivity index (χ2v) is 4.53. The van der Waals surface area contributed by atoms with Gasteiger partial charge in [-0.3, -0.25) is 0 Å². The molecule has 2 rings (SSSR count). The highest BCUT2D eigenvalue weighted by atomic mass is 16.5. The standard InChI is InChI=1S/C13H16O4/c1-7(2)11-6-9-10(17-11)5-4-8(12(9)14)13(15)16-3/h4-5,7,11,14H,6H2,1-3H3. The van der Waals surface area contributed by atoms with Gasteiger partial charge < -0.3 is 14.6 Å². The Morgan fingerprint density at radius 1 is 1.53 bits per heavy atom. The lowest BCUT2D eigenvalue weighted by Gasteiger charge is -2.13. The molecule has 0 aromatic heterocycles. The van der Waals surface area contributed by atoms with Crippen LogP contribution in [0.25, 0.3) is 0 Å². The van der Waals surface area contributed by atoms with E-state index in [0.29, 0.717) is 23.7 Å². The molecule has 0 radical (unpaired) electrons. The van der Waals surface area contributed by atoms with Gasteiger partial charge >= 0.3 is 5.97 Å². The van der Waals surface area contributed by atoms with E-state index in [2.05, 4.69) is 18.6 Å². The molecule has 1 heterocycles. The lowest BCUT2D eigenvalue weighted by molar-refractivity contribution is 0.0597. The van der Waals surface area contributed by atoms with E-state index in [1.54, 1.807) is 6.07 Å². The summed E-state index contributed by atoms with van der Waals surface area (Å²) in [5, 5.41) is 10.0. The molecule has 1 N–H and O–H groups in total. The minimum Gasteiger partial charge on any atom is -0.507 e. The Balaban J connectivity index is 2.37. The molecular weight excluding hydrogens is 220 g/mol. The monoisotopic (exact) mass is 236 g/mol. The van der Waals surface area contributed by atoms with E-state index in [1.165, 1.54) is 13.2 Å². The average Bonchev–Trinajstić information content (AvgIpc) is 2.73. The molecule has 0 spiro atoms. The van der Waals surface area contributed by atoms with Gasteiger partial charge in [0.05, 0.1) is 7.11 Å². The summed E-state index contributed by atoms with van der Waals surface area (Å²) in [5.41, 5.74) is 0.894. The Morgan fingerprint density at radius 3 is 2.82 bits per heavy atom. The van der Waals surface area contributed by atoms with Crippen molar-refractivity contribution in [1.29, 1.82) is 0 Å². The highest BCUT2D eigenvalue weighted by Crippen LogP contribution is 2.39. The normalized spacial score (nSPS) is 17.8. The number of aromatic hydroxyl groups is 1. The summed E-state index contributed by atoms with van der Waals surface area (Å²) in [6, 6.07) is 3.24. The third kappa shape index (κ3) is 1.95. The van der Waals surface area contributed by atoms with Crippen LogP contribution in [0.2, 0.25) is 0 Å². The molecule has 1 aliphatic rings. The number of hydrogen-bond acceptors (Lipinski definition) is 4. The van der Waals surface area contributed by atoms with Crippen molar-refractivity contribution in [3.8, 4) is 11.5 Å². The number of carbonyl (C=O) groups excluding carboxylic acids is 1. The number of methoxy groups -OCH3 is 1. The van der Waals surface area contributed by atoms with Crippen LogP contribution in [0.3, 0.4) is 0 Å². The quantitative estimate of drug-likeness (QED) is 0.799. The van der Waals surface area contributed by atoms with Crippen LogP contribution in [0.4, 0.5) is 0 Å². The van der Waals surface area contributed by atoms with Gasteiger partial charge in [0.25, 0.3) is 0 Å². The Kier molecular flexibility index (Phi) is 2.96. The van der Waals surface area contributed by atoms with Crippen LogP contribution >= 0.6 is 0 Å². The van der Waals surface area contributed by atoms with Crippen LogP contribution in [-0.4, -0.2) is 24.3 Å². The summed E-state index contributed by atoms with van der Waals surface area (Å²) in [5.74, 6) is 0.480. The van der Waals surface area contributed by atoms with Gasteiger partial charge in [-0.15, -0.1) is 0 Å². The Labute approximate surface area is 100 Å². The maximum absolute atomic E-state index is 11.4. The second-order valence-electron chi connectivity index (χ2n) is 4.53. The molecule has 0 amide bonds. The first-order valence-electron chi connectivity index (χ1n) is 5.64. The number of hydrogen-bond donors (Lipinski definition) is 1. The minimum atomic E-state index is -0.529. The number of phenols is 1. The van der Waals surface area contributed by atoms with Gasteiger partial charge in [0.1, 0.15) is 23.2 Å². The lowest BCUT2D eigenvalue weighted by Crippen LogP contribution is -2.19. The molecule has 0 saturated heterocycles. The zero-order chi connectivity index (χ0) is 12.6. The average molecular weight is 236 g/mol. The first-order chi connectivity index (χ1) is 8.04. The Bertz CT molecular complexity index is 451. The Hall–Kier alpha value is -1.71. The van der Waals surface area contributed by atoms with Gasteiger partial charge in [0, 0.05) is 12.0 Å². The first-order valence-corrected chi connectivity index (χ1v) is 5.64. The number of carbonyl (C=O) groups is 1. The maximum atomic E-state index is 11.4. The maximum Gasteiger partial charge on any atom is 0.341 e. The number of rotatable bonds is 2. The predicted octanol–water partition coefficient (Wildman–Crippen LogP) is 2.14. The van der Waals surface area contributed by atoms with Crippen LogP contribution in [-0.2, 0) is 11.2 Å². The van der Waals surface area contributed by atoms with Crippen LogP contribution in [0, 0.1) is 5.92 Å². The third-order valence-corrected chi connectivity index (χ3v) is 3.07. The SMILES string of the molecule is COC(=O)c1ccc2c(c1O)CC(C(C)C)O2. The van der Waals surface area contributed by atoms with Crippen molar-refractivity contribution in [3.63, 3.8) is 0 Å². The molecular formula is C13H16O4. The number of ether oxygens (including phenoxy) is 2. The molecule has 4 heteroatoms. The molecule has 1 aliphatic heterocycles. The van der Waals surface area contributed by atoms with Gasteiger partial charge in [0.15, 0.2) is 0 Å². The molecule has 0 saturated carbocycles. The van der Waals surface area contributed by atoms with Crippen LogP contribution in [0.1, 0.15) is 29.8 Å². The molecule has 4 nitrogen and oxygen atoms in total. The molecule has 0 aliphatic carbocycles. The fourth-order valence-electron chi connectivity index (χ4n) is 1.98. The van der Waals surface area contributed by atoms with E-state index in [-0.39, 0.29) is 17.4 Å². The van der Waals surface area contributed by atoms with Crippen LogP contribution in [0.5, 0.6) is 11.5 Å². The van der Waals surface area contributed by atoms with Crippen LogP contribution < -0.4 is 4.74 Å². The van der Waals surface area contributed by atoms with Gasteiger partial charge in [0.2, 0.25) is 0 Å². The van der Waals surface area contributed by atoms with Gasteiger partial charge in [-0.2, -0.15) is 0 Å². The number of fused-ring (bicyclic) bond motifs is 1. The fourth-order valence-corrected chi connectivity index (χ4v) is 1.98. The predicted molar refractivity (Wildman–Crippen MR) is 62.4 cm³/mol. The van der Waals surface area contributed by atoms with Gasteiger partial charge in [-0.25, -0.2) is 4.79 Å². The van der Waals surface area contributed by atoms with E-state index >= 15 is 0 Å². The van der Waals surface area contributed by atoms with Crippen molar-refractivity contribution in [2.24, 2.45) is 5.92 Å². The second kappa shape index (κ2) is 4.28. The smallest absolute Gasteiger partial charge is 0.341 e. The first kappa shape index (κ1) is 11.8. The van der Waals surface area contributed by atoms with Crippen molar-refractivity contribution >= 4 is 5.97 Å². The van der Waals surface area contributed by atoms with E-state index in [9.17, 15) is 9.90 Å². The zero-order valence-electron chi connectivity index (χ0n) is 10.2. The zero-order valence-corrected chi connectivity index (χ0v) is 10.2. The fraction of sp³-hybridized carbons (Fsp3) is 0.462. The molecule has 0 fully saturated rings. The summed E-state index contributed by atoms with van der Waals surface area (Å²) in [4.78, 5) is 11.4. The highest BCUT2D eigenvalue weighted by molar-refractivity contribution is 5.93. The van der Waals surface area contributed by atoms with E-state index in [0.717, 1.165) is 0 Å². The van der Waals surface area contributed by atoms with Crippen molar-refractivity contribution < 1.29 is 19.4 Å². The molecule has 0 bridgehead atoms. The van der Waals surface area contributed by atoms with E-state index in [1.807, 2.05) is 0 Å². The van der Waals surface area contributed by atoms with Crippen molar-refractivity contribution in [2.45, 2.75) is 26.4 Å². The third-order valence-electron chi connectivity index (χ3n) is 3.07. The Morgan fingerprint density at radius 2 is 2.24 bits per heavy atom. The molecule has 1 unspecified atom stereocenters. The topological polar surface area (TPSA) is 55.8 Å². The largest absolute Gasteiger partial charge is 0.507 e. The van der Waals surface area contributed by atoms with Crippen molar-refractivity contribution in [3.05, 3.63) is 23.3 Å². The van der Waals surface area contributed by atoms with Gasteiger partial charge in [-0.1, -0.05) is 13.8 Å². The van der Waals surface area contributed by atoms with E-state index in [4.69, 9.17) is 4.74 Å². The van der Waals surface area contributed by atoms with Crippen molar-refractivity contribution in [2.75, 3.05) is 7.11 Å².